The van der Waals surface area contributed by atoms with Gasteiger partial charge in [-0.25, -0.2) is 15.0 Å². The van der Waals surface area contributed by atoms with E-state index in [0.717, 1.165) is 17.0 Å². The highest BCUT2D eigenvalue weighted by atomic mass is 32.2. The van der Waals surface area contributed by atoms with Crippen LogP contribution >= 0.6 is 11.8 Å². The second-order valence-electron chi connectivity index (χ2n) is 3.87. The molecule has 0 aliphatic rings. The summed E-state index contributed by atoms with van der Waals surface area (Å²) in [5, 5.41) is 10.3. The monoisotopic (exact) mass is 256 g/mol. The Morgan fingerprint density at radius 2 is 1.83 bits per heavy atom. The van der Waals surface area contributed by atoms with Gasteiger partial charge >= 0.3 is 0 Å². The van der Waals surface area contributed by atoms with Crippen LogP contribution in [-0.4, -0.2) is 15.0 Å². The van der Waals surface area contributed by atoms with Crippen molar-refractivity contribution in [3.63, 3.8) is 0 Å². The lowest BCUT2D eigenvalue weighted by atomic mass is 10.2. The maximum Gasteiger partial charge on any atom is 0.194 e. The van der Waals surface area contributed by atoms with E-state index >= 15 is 0 Å². The zero-order valence-corrected chi connectivity index (χ0v) is 11.2. The topological polar surface area (TPSA) is 62.5 Å². The molecule has 0 aliphatic carbocycles. The minimum Gasteiger partial charge on any atom is -0.248 e. The Balaban J connectivity index is 2.38. The normalized spacial score (nSPS) is 10.1. The molecule has 2 aromatic heterocycles. The van der Waals surface area contributed by atoms with Gasteiger partial charge in [0.2, 0.25) is 0 Å². The van der Waals surface area contributed by atoms with Crippen molar-refractivity contribution >= 4 is 11.8 Å². The number of aryl methyl sites for hydroxylation is 2. The summed E-state index contributed by atoms with van der Waals surface area (Å²) in [6.45, 7) is 5.91. The molecule has 0 saturated heterocycles. The maximum atomic E-state index is 9.01. The summed E-state index contributed by atoms with van der Waals surface area (Å²) in [5.74, 6) is 0. The summed E-state index contributed by atoms with van der Waals surface area (Å²) in [6, 6.07) is 5.60. The fourth-order valence-electron chi connectivity index (χ4n) is 1.43. The number of aromatic nitrogens is 3. The van der Waals surface area contributed by atoms with Crippen molar-refractivity contribution in [3.05, 3.63) is 40.8 Å². The number of pyridine rings is 1. The van der Waals surface area contributed by atoms with Crippen LogP contribution in [0.25, 0.3) is 0 Å². The molecular formula is C13H12N4S. The largest absolute Gasteiger partial charge is 0.248 e. The molecule has 4 nitrogen and oxygen atoms in total. The first-order chi connectivity index (χ1) is 8.61. The molecule has 0 amide bonds. The number of nitrogens with zero attached hydrogens (tertiary/aromatic N) is 4. The number of hydrogen-bond acceptors (Lipinski definition) is 5. The van der Waals surface area contributed by atoms with E-state index in [-0.39, 0.29) is 0 Å². The Kier molecular flexibility index (Phi) is 3.58. The van der Waals surface area contributed by atoms with Gasteiger partial charge in [0, 0.05) is 17.6 Å². The summed E-state index contributed by atoms with van der Waals surface area (Å²) < 4.78 is 0. The van der Waals surface area contributed by atoms with Gasteiger partial charge in [0.05, 0.1) is 5.56 Å². The van der Waals surface area contributed by atoms with E-state index in [1.165, 1.54) is 11.8 Å². The molecule has 0 aliphatic heterocycles. The van der Waals surface area contributed by atoms with E-state index in [0.29, 0.717) is 15.7 Å². The minimum atomic E-state index is 0.544. The molecule has 18 heavy (non-hydrogen) atoms. The summed E-state index contributed by atoms with van der Waals surface area (Å²) in [7, 11) is 0. The van der Waals surface area contributed by atoms with E-state index < -0.39 is 0 Å². The van der Waals surface area contributed by atoms with Gasteiger partial charge in [-0.05, 0) is 50.2 Å². The van der Waals surface area contributed by atoms with Gasteiger partial charge in [0.25, 0.3) is 0 Å². The first kappa shape index (κ1) is 12.5. The number of nitriles is 1. The first-order valence-corrected chi connectivity index (χ1v) is 6.28. The van der Waals surface area contributed by atoms with Crippen molar-refractivity contribution in [2.75, 3.05) is 0 Å². The maximum absolute atomic E-state index is 9.01. The zero-order chi connectivity index (χ0) is 13.1. The average molecular weight is 256 g/mol. The molecule has 0 radical (unpaired) electrons. The first-order valence-electron chi connectivity index (χ1n) is 5.46. The predicted molar refractivity (Wildman–Crippen MR) is 69.3 cm³/mol. The van der Waals surface area contributed by atoms with Gasteiger partial charge in [0.1, 0.15) is 11.1 Å². The lowest BCUT2D eigenvalue weighted by Crippen LogP contribution is -1.98. The highest BCUT2D eigenvalue weighted by Gasteiger charge is 2.09. The Morgan fingerprint density at radius 3 is 2.44 bits per heavy atom. The molecule has 0 bridgehead atoms. The molecule has 0 aromatic carbocycles. The van der Waals surface area contributed by atoms with Gasteiger partial charge in [-0.3, -0.25) is 0 Å². The Morgan fingerprint density at radius 1 is 1.17 bits per heavy atom. The smallest absolute Gasteiger partial charge is 0.194 e. The lowest BCUT2D eigenvalue weighted by molar-refractivity contribution is 0.878. The Bertz CT molecular complexity index is 608. The third-order valence-corrected chi connectivity index (χ3v) is 3.58. The quantitative estimate of drug-likeness (QED) is 0.773. The SMILES string of the molecule is Cc1nc(Sc2ncccc2C#N)nc(C)c1C. The molecule has 0 saturated carbocycles. The molecule has 2 aromatic rings. The highest BCUT2D eigenvalue weighted by molar-refractivity contribution is 7.99. The molecule has 5 heteroatoms. The molecule has 0 atom stereocenters. The van der Waals surface area contributed by atoms with Crippen LogP contribution in [0.4, 0.5) is 0 Å². The van der Waals surface area contributed by atoms with E-state index in [2.05, 4.69) is 21.0 Å². The summed E-state index contributed by atoms with van der Waals surface area (Å²) in [4.78, 5) is 13.0. The highest BCUT2D eigenvalue weighted by Crippen LogP contribution is 2.26. The average Bonchev–Trinajstić information content (AvgIpc) is 2.36. The molecule has 2 heterocycles. The molecular weight excluding hydrogens is 244 g/mol. The fraction of sp³-hybridized carbons (Fsp3) is 0.231. The molecule has 0 N–H and O–H groups in total. The van der Waals surface area contributed by atoms with Crippen LogP contribution in [-0.2, 0) is 0 Å². The fourth-order valence-corrected chi connectivity index (χ4v) is 2.31. The van der Waals surface area contributed by atoms with Crippen LogP contribution in [0.1, 0.15) is 22.5 Å². The summed E-state index contributed by atoms with van der Waals surface area (Å²) >= 11 is 1.32. The van der Waals surface area contributed by atoms with Crippen molar-refractivity contribution in [3.8, 4) is 6.07 Å². The zero-order valence-electron chi connectivity index (χ0n) is 10.4. The van der Waals surface area contributed by atoms with E-state index in [4.69, 9.17) is 5.26 Å². The van der Waals surface area contributed by atoms with Gasteiger partial charge in [-0.1, -0.05) is 0 Å². The van der Waals surface area contributed by atoms with Gasteiger partial charge in [-0.15, -0.1) is 0 Å². The van der Waals surface area contributed by atoms with Crippen molar-refractivity contribution in [2.24, 2.45) is 0 Å². The summed E-state index contributed by atoms with van der Waals surface area (Å²) in [6.07, 6.45) is 1.66. The molecule has 0 unspecified atom stereocenters. The molecule has 90 valence electrons. The second-order valence-corrected chi connectivity index (χ2v) is 4.83. The third kappa shape index (κ3) is 2.49. The number of rotatable bonds is 2. The minimum absolute atomic E-state index is 0.544. The second kappa shape index (κ2) is 5.15. The van der Waals surface area contributed by atoms with E-state index in [1.54, 1.807) is 18.3 Å². The lowest BCUT2D eigenvalue weighted by Gasteiger charge is -2.06. The van der Waals surface area contributed by atoms with Crippen LogP contribution in [0.2, 0.25) is 0 Å². The molecule has 2 rings (SSSR count). The standard InChI is InChI=1S/C13H12N4S/c1-8-9(2)16-13(17-10(8)3)18-12-11(7-14)5-4-6-15-12/h4-6H,1-3H3. The predicted octanol–water partition coefficient (Wildman–Crippen LogP) is 2.82. The number of hydrogen-bond donors (Lipinski definition) is 0. The van der Waals surface area contributed by atoms with Crippen LogP contribution in [0.5, 0.6) is 0 Å². The van der Waals surface area contributed by atoms with Crippen LogP contribution in [0, 0.1) is 32.1 Å². The van der Waals surface area contributed by atoms with Gasteiger partial charge < -0.3 is 0 Å². The molecule has 0 fully saturated rings. The van der Waals surface area contributed by atoms with Crippen molar-refractivity contribution in [1.29, 1.82) is 5.26 Å². The summed E-state index contributed by atoms with van der Waals surface area (Å²) in [5.41, 5.74) is 3.56. The van der Waals surface area contributed by atoms with Crippen LogP contribution in [0.15, 0.2) is 28.5 Å². The Hall–Kier alpha value is -1.93. The third-order valence-electron chi connectivity index (χ3n) is 2.69. The van der Waals surface area contributed by atoms with Gasteiger partial charge in [0.15, 0.2) is 5.16 Å². The van der Waals surface area contributed by atoms with Crippen LogP contribution < -0.4 is 0 Å². The van der Waals surface area contributed by atoms with Crippen molar-refractivity contribution in [2.45, 2.75) is 31.0 Å². The van der Waals surface area contributed by atoms with Gasteiger partial charge in [-0.2, -0.15) is 5.26 Å². The van der Waals surface area contributed by atoms with Crippen molar-refractivity contribution < 1.29 is 0 Å². The van der Waals surface area contributed by atoms with E-state index in [9.17, 15) is 0 Å². The van der Waals surface area contributed by atoms with Crippen molar-refractivity contribution in [1.82, 2.24) is 15.0 Å². The van der Waals surface area contributed by atoms with Crippen LogP contribution in [0.3, 0.4) is 0 Å². The van der Waals surface area contributed by atoms with E-state index in [1.807, 2.05) is 20.8 Å². The molecule has 0 spiro atoms. The Labute approximate surface area is 110 Å².